The number of esters is 1. The molecule has 1 aromatic heterocycles. The normalized spacial score (nSPS) is 10.6. The van der Waals surface area contributed by atoms with Gasteiger partial charge in [0.05, 0.1) is 5.39 Å². The van der Waals surface area contributed by atoms with Crippen molar-refractivity contribution < 1.29 is 9.53 Å². The van der Waals surface area contributed by atoms with Gasteiger partial charge in [-0.1, -0.05) is 48.0 Å². The number of nitrogens with zero attached hydrogens (tertiary/aromatic N) is 1. The highest BCUT2D eigenvalue weighted by Gasteiger charge is 2.15. The largest absolute Gasteiger partial charge is 0.456 e. The maximum Gasteiger partial charge on any atom is 0.359 e. The molecule has 0 radical (unpaired) electrons. The molecule has 0 bridgehead atoms. The molecule has 0 aliphatic carbocycles. The third-order valence-corrected chi connectivity index (χ3v) is 3.38. The van der Waals surface area contributed by atoms with Gasteiger partial charge < -0.3 is 4.74 Å². The number of carbonyl (C=O) groups excluding carboxylic acids is 1. The van der Waals surface area contributed by atoms with E-state index in [0.717, 1.165) is 11.1 Å². The first-order chi connectivity index (χ1) is 10.6. The second-order valence-electron chi connectivity index (χ2n) is 5.01. The lowest BCUT2D eigenvalue weighted by Gasteiger charge is -2.06. The number of carbonyl (C=O) groups is 1. The Bertz CT molecular complexity index is 882. The lowest BCUT2D eigenvalue weighted by molar-refractivity contribution is 0.0467. The number of rotatable bonds is 3. The van der Waals surface area contributed by atoms with Gasteiger partial charge in [0.2, 0.25) is 0 Å². The van der Waals surface area contributed by atoms with Gasteiger partial charge >= 0.3 is 5.97 Å². The van der Waals surface area contributed by atoms with Gasteiger partial charge in [-0.2, -0.15) is 5.10 Å². The number of aromatic nitrogens is 2. The molecule has 0 spiro atoms. The minimum absolute atomic E-state index is 0.113. The first kappa shape index (κ1) is 14.0. The second kappa shape index (κ2) is 5.81. The van der Waals surface area contributed by atoms with Gasteiger partial charge in [-0.15, -0.1) is 0 Å². The molecule has 5 nitrogen and oxygen atoms in total. The number of nitrogens with one attached hydrogen (secondary N) is 1. The summed E-state index contributed by atoms with van der Waals surface area (Å²) in [6.45, 7) is 2.15. The highest BCUT2D eigenvalue weighted by molar-refractivity contribution is 6.01. The van der Waals surface area contributed by atoms with Crippen LogP contribution in [0.4, 0.5) is 0 Å². The van der Waals surface area contributed by atoms with Gasteiger partial charge in [-0.25, -0.2) is 9.89 Å². The Hall–Kier alpha value is -2.95. The summed E-state index contributed by atoms with van der Waals surface area (Å²) in [4.78, 5) is 23.9. The molecule has 0 aliphatic heterocycles. The fourth-order valence-electron chi connectivity index (χ4n) is 2.17. The molecular formula is C17H14N2O3. The van der Waals surface area contributed by atoms with Crippen molar-refractivity contribution >= 4 is 16.7 Å². The van der Waals surface area contributed by atoms with Crippen LogP contribution in [0.3, 0.4) is 0 Å². The zero-order chi connectivity index (χ0) is 15.5. The van der Waals surface area contributed by atoms with E-state index in [-0.39, 0.29) is 17.9 Å². The molecule has 0 fully saturated rings. The maximum atomic E-state index is 12.2. The minimum Gasteiger partial charge on any atom is -0.456 e. The summed E-state index contributed by atoms with van der Waals surface area (Å²) in [6, 6.07) is 14.5. The standard InChI is InChI=1S/C17H14N2O3/c1-11-6-8-12(9-7-11)10-22-17(21)15-13-4-2-3-5-14(13)16(20)19-18-15/h2-9H,10H2,1H3,(H,19,20). The third kappa shape index (κ3) is 2.74. The van der Waals surface area contributed by atoms with E-state index < -0.39 is 5.97 Å². The van der Waals surface area contributed by atoms with Crippen molar-refractivity contribution in [2.45, 2.75) is 13.5 Å². The van der Waals surface area contributed by atoms with E-state index in [2.05, 4.69) is 10.2 Å². The van der Waals surface area contributed by atoms with Crippen molar-refractivity contribution in [3.63, 3.8) is 0 Å². The van der Waals surface area contributed by atoms with Crippen molar-refractivity contribution in [2.75, 3.05) is 0 Å². The number of ether oxygens (including phenoxy) is 1. The summed E-state index contributed by atoms with van der Waals surface area (Å²) in [7, 11) is 0. The first-order valence-electron chi connectivity index (χ1n) is 6.85. The first-order valence-corrected chi connectivity index (χ1v) is 6.85. The monoisotopic (exact) mass is 294 g/mol. The van der Waals surface area contributed by atoms with Gasteiger partial charge in [-0.05, 0) is 18.6 Å². The summed E-state index contributed by atoms with van der Waals surface area (Å²) in [5.74, 6) is -0.562. The molecule has 3 rings (SSSR count). The predicted octanol–water partition coefficient (Wildman–Crippen LogP) is 2.59. The molecule has 0 unspecified atom stereocenters. The summed E-state index contributed by atoms with van der Waals surface area (Å²) in [6.07, 6.45) is 0. The van der Waals surface area contributed by atoms with Crippen molar-refractivity contribution in [3.8, 4) is 0 Å². The van der Waals surface area contributed by atoms with Gasteiger partial charge in [0, 0.05) is 5.39 Å². The van der Waals surface area contributed by atoms with Crippen molar-refractivity contribution in [2.24, 2.45) is 0 Å². The summed E-state index contributed by atoms with van der Waals surface area (Å²) >= 11 is 0. The molecule has 2 aromatic carbocycles. The maximum absolute atomic E-state index is 12.2. The number of H-pyrrole nitrogens is 1. The molecular weight excluding hydrogens is 280 g/mol. The van der Waals surface area contributed by atoms with E-state index in [9.17, 15) is 9.59 Å². The summed E-state index contributed by atoms with van der Waals surface area (Å²) in [5, 5.41) is 7.05. The molecule has 3 aromatic rings. The smallest absolute Gasteiger partial charge is 0.359 e. The molecule has 1 heterocycles. The van der Waals surface area contributed by atoms with Crippen LogP contribution in [-0.4, -0.2) is 16.2 Å². The van der Waals surface area contributed by atoms with E-state index in [0.29, 0.717) is 10.8 Å². The lowest BCUT2D eigenvalue weighted by atomic mass is 10.1. The predicted molar refractivity (Wildman–Crippen MR) is 82.7 cm³/mol. The van der Waals surface area contributed by atoms with Crippen LogP contribution in [0.5, 0.6) is 0 Å². The van der Waals surface area contributed by atoms with Crippen LogP contribution in [0.25, 0.3) is 10.8 Å². The lowest BCUT2D eigenvalue weighted by Crippen LogP contribution is -2.16. The minimum atomic E-state index is -0.562. The van der Waals surface area contributed by atoms with Crippen LogP contribution in [0, 0.1) is 6.92 Å². The highest BCUT2D eigenvalue weighted by atomic mass is 16.5. The Morgan fingerprint density at radius 2 is 1.77 bits per heavy atom. The summed E-state index contributed by atoms with van der Waals surface area (Å²) < 4.78 is 5.28. The molecule has 1 N–H and O–H groups in total. The molecule has 110 valence electrons. The van der Waals surface area contributed by atoms with Crippen molar-refractivity contribution in [1.29, 1.82) is 0 Å². The fraction of sp³-hybridized carbons (Fsp3) is 0.118. The topological polar surface area (TPSA) is 72.0 Å². The van der Waals surface area contributed by atoms with Gasteiger partial charge in [0.15, 0.2) is 5.69 Å². The fourth-order valence-corrected chi connectivity index (χ4v) is 2.17. The Kier molecular flexibility index (Phi) is 3.70. The zero-order valence-electron chi connectivity index (χ0n) is 12.0. The SMILES string of the molecule is Cc1ccc(COC(=O)c2n[nH]c(=O)c3ccccc23)cc1. The summed E-state index contributed by atoms with van der Waals surface area (Å²) in [5.41, 5.74) is 1.82. The molecule has 5 heteroatoms. The molecule has 22 heavy (non-hydrogen) atoms. The van der Waals surface area contributed by atoms with Crippen LogP contribution in [0.1, 0.15) is 21.6 Å². The number of hydrogen-bond donors (Lipinski definition) is 1. The molecule has 0 aliphatic rings. The van der Waals surface area contributed by atoms with Crippen molar-refractivity contribution in [1.82, 2.24) is 10.2 Å². The second-order valence-corrected chi connectivity index (χ2v) is 5.01. The molecule has 0 amide bonds. The Morgan fingerprint density at radius 1 is 1.09 bits per heavy atom. The highest BCUT2D eigenvalue weighted by Crippen LogP contribution is 2.14. The van der Waals surface area contributed by atoms with Crippen molar-refractivity contribution in [3.05, 3.63) is 75.7 Å². The van der Waals surface area contributed by atoms with Gasteiger partial charge in [0.25, 0.3) is 5.56 Å². The van der Waals surface area contributed by atoms with E-state index in [1.54, 1.807) is 24.3 Å². The molecule has 0 saturated heterocycles. The molecule has 0 saturated carbocycles. The van der Waals surface area contributed by atoms with E-state index in [4.69, 9.17) is 4.74 Å². The number of hydrogen-bond acceptors (Lipinski definition) is 4. The quantitative estimate of drug-likeness (QED) is 0.754. The van der Waals surface area contributed by atoms with E-state index in [1.165, 1.54) is 0 Å². The van der Waals surface area contributed by atoms with Gasteiger partial charge in [0.1, 0.15) is 6.61 Å². The Labute approximate surface area is 126 Å². The number of aromatic amines is 1. The number of fused-ring (bicyclic) bond motifs is 1. The van der Waals surface area contributed by atoms with Crippen LogP contribution < -0.4 is 5.56 Å². The van der Waals surface area contributed by atoms with Gasteiger partial charge in [-0.3, -0.25) is 4.79 Å². The molecule has 0 atom stereocenters. The van der Waals surface area contributed by atoms with Crippen LogP contribution in [0.15, 0.2) is 53.3 Å². The number of aryl methyl sites for hydroxylation is 1. The Morgan fingerprint density at radius 3 is 2.50 bits per heavy atom. The van der Waals surface area contributed by atoms with E-state index in [1.807, 2.05) is 31.2 Å². The average Bonchev–Trinajstić information content (AvgIpc) is 2.55. The third-order valence-electron chi connectivity index (χ3n) is 3.38. The van der Waals surface area contributed by atoms with Crippen LogP contribution in [0.2, 0.25) is 0 Å². The van der Waals surface area contributed by atoms with Crippen LogP contribution >= 0.6 is 0 Å². The zero-order valence-corrected chi connectivity index (χ0v) is 12.0. The van der Waals surface area contributed by atoms with E-state index >= 15 is 0 Å². The Balaban J connectivity index is 1.85. The average molecular weight is 294 g/mol. The van der Waals surface area contributed by atoms with Crippen LogP contribution in [-0.2, 0) is 11.3 Å². The number of benzene rings is 2.